The number of rotatable bonds is 5. The molecule has 3 aromatic rings. The summed E-state index contributed by atoms with van der Waals surface area (Å²) in [6, 6.07) is 12.3. The van der Waals surface area contributed by atoms with Gasteiger partial charge in [0, 0.05) is 18.3 Å². The van der Waals surface area contributed by atoms with Gasteiger partial charge in [-0.3, -0.25) is 9.36 Å². The van der Waals surface area contributed by atoms with Crippen LogP contribution in [0.5, 0.6) is 0 Å². The van der Waals surface area contributed by atoms with E-state index in [2.05, 4.69) is 20.8 Å². The van der Waals surface area contributed by atoms with Gasteiger partial charge < -0.3 is 9.32 Å². The molecule has 0 N–H and O–H groups in total. The lowest BCUT2D eigenvalue weighted by molar-refractivity contribution is -0.117. The van der Waals surface area contributed by atoms with E-state index in [4.69, 9.17) is 4.42 Å². The Labute approximate surface area is 180 Å². The van der Waals surface area contributed by atoms with Crippen LogP contribution < -0.4 is 4.90 Å². The van der Waals surface area contributed by atoms with E-state index in [1.165, 1.54) is 36.6 Å². The van der Waals surface area contributed by atoms with Crippen LogP contribution in [0.15, 0.2) is 52.2 Å². The number of para-hydroxylation sites is 1. The predicted octanol–water partition coefficient (Wildman–Crippen LogP) is 5.11. The fourth-order valence-electron chi connectivity index (χ4n) is 4.59. The van der Waals surface area contributed by atoms with Gasteiger partial charge in [0.15, 0.2) is 10.9 Å². The number of anilines is 1. The zero-order chi connectivity index (χ0) is 20.5. The number of fused-ring (bicyclic) bond motifs is 1. The fourth-order valence-corrected chi connectivity index (χ4v) is 5.58. The zero-order valence-electron chi connectivity index (χ0n) is 17.2. The van der Waals surface area contributed by atoms with E-state index in [0.717, 1.165) is 48.2 Å². The average molecular weight is 423 g/mol. The molecular formula is C23H26N4O2S. The number of nitrogens with zero attached hydrogens (tertiary/aromatic N) is 4. The smallest absolute Gasteiger partial charge is 0.240 e. The summed E-state index contributed by atoms with van der Waals surface area (Å²) < 4.78 is 7.84. The third kappa shape index (κ3) is 3.55. The maximum absolute atomic E-state index is 13.3. The summed E-state index contributed by atoms with van der Waals surface area (Å²) in [5, 5.41) is 9.50. The molecule has 1 aliphatic heterocycles. The molecule has 1 unspecified atom stereocenters. The molecule has 30 heavy (non-hydrogen) atoms. The van der Waals surface area contributed by atoms with E-state index in [-0.39, 0.29) is 11.2 Å². The first-order chi connectivity index (χ1) is 14.7. The quantitative estimate of drug-likeness (QED) is 0.535. The second-order valence-electron chi connectivity index (χ2n) is 8.07. The standard InChI is InChI=1S/C23H26N4O2S/c1-16(22(28)26-14-13-17-8-5-6-11-19(17)26)30-23-25-24-21(20-12-7-15-29-20)27(23)18-9-3-2-4-10-18/h5-8,11-12,15-16,18H,2-4,9-10,13-14H2,1H3. The highest BCUT2D eigenvalue weighted by Gasteiger charge is 2.31. The molecule has 0 radical (unpaired) electrons. The molecule has 1 fully saturated rings. The van der Waals surface area contributed by atoms with Gasteiger partial charge in [0.2, 0.25) is 11.7 Å². The Balaban J connectivity index is 1.41. The van der Waals surface area contributed by atoms with E-state index in [1.54, 1.807) is 6.26 Å². The number of furan rings is 1. The van der Waals surface area contributed by atoms with Crippen molar-refractivity contribution in [3.8, 4) is 11.6 Å². The van der Waals surface area contributed by atoms with E-state index in [1.807, 2.05) is 42.2 Å². The van der Waals surface area contributed by atoms with Gasteiger partial charge in [0.25, 0.3) is 0 Å². The largest absolute Gasteiger partial charge is 0.461 e. The molecule has 1 amide bonds. The molecule has 2 aliphatic rings. The number of hydrogen-bond donors (Lipinski definition) is 0. The van der Waals surface area contributed by atoms with E-state index in [9.17, 15) is 4.79 Å². The van der Waals surface area contributed by atoms with Crippen molar-refractivity contribution < 1.29 is 9.21 Å². The van der Waals surface area contributed by atoms with Crippen molar-refractivity contribution in [2.75, 3.05) is 11.4 Å². The van der Waals surface area contributed by atoms with Gasteiger partial charge in [-0.25, -0.2) is 0 Å². The molecular weight excluding hydrogens is 396 g/mol. The van der Waals surface area contributed by atoms with Crippen molar-refractivity contribution in [2.45, 2.75) is 61.9 Å². The highest BCUT2D eigenvalue weighted by atomic mass is 32.2. The first-order valence-corrected chi connectivity index (χ1v) is 11.6. The second kappa shape index (κ2) is 8.30. The molecule has 6 nitrogen and oxygen atoms in total. The summed E-state index contributed by atoms with van der Waals surface area (Å²) in [5.41, 5.74) is 2.29. The molecule has 1 saturated carbocycles. The highest BCUT2D eigenvalue weighted by molar-refractivity contribution is 8.00. The minimum atomic E-state index is -0.243. The molecule has 2 aromatic heterocycles. The molecule has 0 bridgehead atoms. The number of thioether (sulfide) groups is 1. The van der Waals surface area contributed by atoms with Crippen molar-refractivity contribution in [3.63, 3.8) is 0 Å². The summed E-state index contributed by atoms with van der Waals surface area (Å²) in [5.74, 6) is 1.62. The van der Waals surface area contributed by atoms with Crippen LogP contribution in [0.2, 0.25) is 0 Å². The Morgan fingerprint density at radius 1 is 1.13 bits per heavy atom. The predicted molar refractivity (Wildman–Crippen MR) is 118 cm³/mol. The number of aromatic nitrogens is 3. The lowest BCUT2D eigenvalue weighted by Gasteiger charge is -2.26. The average Bonchev–Trinajstić information content (AvgIpc) is 3.53. The first-order valence-electron chi connectivity index (χ1n) is 10.8. The van der Waals surface area contributed by atoms with Crippen molar-refractivity contribution in [1.82, 2.24) is 14.8 Å². The van der Waals surface area contributed by atoms with Crippen molar-refractivity contribution >= 4 is 23.4 Å². The van der Waals surface area contributed by atoms with E-state index in [0.29, 0.717) is 6.04 Å². The Kier molecular flexibility index (Phi) is 5.37. The number of carbonyl (C=O) groups excluding carboxylic acids is 1. The molecule has 7 heteroatoms. The highest BCUT2D eigenvalue weighted by Crippen LogP contribution is 2.37. The molecule has 0 spiro atoms. The molecule has 1 atom stereocenters. The minimum absolute atomic E-state index is 0.127. The Morgan fingerprint density at radius 3 is 2.77 bits per heavy atom. The van der Waals surface area contributed by atoms with Crippen LogP contribution in [-0.4, -0.2) is 32.5 Å². The normalized spacial score (nSPS) is 17.8. The van der Waals surface area contributed by atoms with Crippen molar-refractivity contribution in [1.29, 1.82) is 0 Å². The topological polar surface area (TPSA) is 64.2 Å². The number of carbonyl (C=O) groups is 1. The Morgan fingerprint density at radius 2 is 1.97 bits per heavy atom. The molecule has 156 valence electrons. The summed E-state index contributed by atoms with van der Waals surface area (Å²) in [4.78, 5) is 15.2. The van der Waals surface area contributed by atoms with Crippen molar-refractivity contribution in [2.24, 2.45) is 0 Å². The monoisotopic (exact) mass is 422 g/mol. The maximum Gasteiger partial charge on any atom is 0.240 e. The lowest BCUT2D eigenvalue weighted by Crippen LogP contribution is -2.35. The molecule has 5 rings (SSSR count). The Hall–Kier alpha value is -2.54. The third-order valence-electron chi connectivity index (χ3n) is 6.13. The fraction of sp³-hybridized carbons (Fsp3) is 0.435. The van der Waals surface area contributed by atoms with Crippen LogP contribution in [0.4, 0.5) is 5.69 Å². The summed E-state index contributed by atoms with van der Waals surface area (Å²) in [6.07, 6.45) is 8.51. The van der Waals surface area contributed by atoms with Crippen LogP contribution in [0.1, 0.15) is 50.6 Å². The molecule has 0 saturated heterocycles. The SMILES string of the molecule is CC(Sc1nnc(-c2ccco2)n1C1CCCCC1)C(=O)N1CCc2ccccc21. The zero-order valence-corrected chi connectivity index (χ0v) is 18.0. The second-order valence-corrected chi connectivity index (χ2v) is 9.38. The van der Waals surface area contributed by atoms with E-state index >= 15 is 0 Å². The summed E-state index contributed by atoms with van der Waals surface area (Å²) >= 11 is 1.51. The van der Waals surface area contributed by atoms with Crippen LogP contribution in [-0.2, 0) is 11.2 Å². The van der Waals surface area contributed by atoms with Gasteiger partial charge in [-0.05, 0) is 49.9 Å². The first kappa shape index (κ1) is 19.4. The van der Waals surface area contributed by atoms with Crippen LogP contribution in [0.25, 0.3) is 11.6 Å². The van der Waals surface area contributed by atoms with Crippen molar-refractivity contribution in [3.05, 3.63) is 48.2 Å². The van der Waals surface area contributed by atoms with E-state index < -0.39 is 0 Å². The van der Waals surface area contributed by atoms with Gasteiger partial charge in [-0.1, -0.05) is 49.2 Å². The van der Waals surface area contributed by atoms with Gasteiger partial charge in [0.05, 0.1) is 11.5 Å². The Bertz CT molecular complexity index is 1020. The van der Waals surface area contributed by atoms with Crippen LogP contribution in [0, 0.1) is 0 Å². The minimum Gasteiger partial charge on any atom is -0.461 e. The van der Waals surface area contributed by atoms with Crippen LogP contribution >= 0.6 is 11.8 Å². The van der Waals surface area contributed by atoms with Gasteiger partial charge in [-0.2, -0.15) is 0 Å². The number of hydrogen-bond acceptors (Lipinski definition) is 5. The summed E-state index contributed by atoms with van der Waals surface area (Å²) in [6.45, 7) is 2.72. The number of amides is 1. The molecule has 3 heterocycles. The maximum atomic E-state index is 13.3. The van der Waals surface area contributed by atoms with Gasteiger partial charge in [0.1, 0.15) is 0 Å². The third-order valence-corrected chi connectivity index (χ3v) is 7.17. The molecule has 1 aromatic carbocycles. The van der Waals surface area contributed by atoms with Gasteiger partial charge in [-0.15, -0.1) is 10.2 Å². The number of benzene rings is 1. The summed E-state index contributed by atoms with van der Waals surface area (Å²) in [7, 11) is 0. The molecule has 1 aliphatic carbocycles. The van der Waals surface area contributed by atoms with Gasteiger partial charge >= 0.3 is 0 Å². The lowest BCUT2D eigenvalue weighted by atomic mass is 9.95. The van der Waals surface area contributed by atoms with Crippen LogP contribution in [0.3, 0.4) is 0 Å².